The van der Waals surface area contributed by atoms with Gasteiger partial charge in [-0.1, -0.05) is 0 Å². The van der Waals surface area contributed by atoms with Crippen molar-refractivity contribution in [1.82, 2.24) is 4.90 Å². The largest absolute Gasteiger partial charge is 0.573 e. The summed E-state index contributed by atoms with van der Waals surface area (Å²) < 4.78 is 40.1. The molecule has 3 fully saturated rings. The summed E-state index contributed by atoms with van der Waals surface area (Å²) >= 11 is 0. The highest BCUT2D eigenvalue weighted by Crippen LogP contribution is 2.34. The Kier molecular flexibility index (Phi) is 3.65. The Morgan fingerprint density at radius 1 is 1.14 bits per heavy atom. The second kappa shape index (κ2) is 5.33. The zero-order valence-electron chi connectivity index (χ0n) is 11.4. The number of nitrogens with zero attached hydrogens (tertiary/aromatic N) is 1. The lowest BCUT2D eigenvalue weighted by Crippen LogP contribution is -2.50. The molecular formula is C15H16F3NO2. The molecule has 3 nitrogen and oxygen atoms in total. The highest BCUT2D eigenvalue weighted by molar-refractivity contribution is 5.98. The smallest absolute Gasteiger partial charge is 0.406 e. The third kappa shape index (κ3) is 3.20. The molecule has 0 spiro atoms. The van der Waals surface area contributed by atoms with E-state index in [4.69, 9.17) is 0 Å². The Hall–Kier alpha value is -1.56. The van der Waals surface area contributed by atoms with Gasteiger partial charge in [0.1, 0.15) is 5.75 Å². The van der Waals surface area contributed by atoms with E-state index in [0.717, 1.165) is 32.5 Å². The molecule has 1 aromatic carbocycles. The van der Waals surface area contributed by atoms with E-state index in [1.807, 2.05) is 0 Å². The van der Waals surface area contributed by atoms with Gasteiger partial charge in [-0.05, 0) is 56.1 Å². The molecule has 1 atom stereocenters. The molecule has 2 bridgehead atoms. The number of ketones is 1. The van der Waals surface area contributed by atoms with Crippen molar-refractivity contribution < 1.29 is 22.7 Å². The first-order valence-corrected chi connectivity index (χ1v) is 7.05. The zero-order valence-corrected chi connectivity index (χ0v) is 11.4. The summed E-state index contributed by atoms with van der Waals surface area (Å²) in [6, 6.07) is 5.23. The van der Waals surface area contributed by atoms with Crippen LogP contribution in [0.1, 0.15) is 23.2 Å². The van der Waals surface area contributed by atoms with E-state index >= 15 is 0 Å². The molecule has 0 amide bonds. The molecule has 3 saturated heterocycles. The molecule has 0 aromatic heterocycles. The molecule has 114 valence electrons. The number of carbonyl (C=O) groups is 1. The second-order valence-electron chi connectivity index (χ2n) is 5.68. The van der Waals surface area contributed by atoms with Crippen molar-refractivity contribution >= 4 is 5.78 Å². The van der Waals surface area contributed by atoms with Gasteiger partial charge in [0, 0.05) is 18.0 Å². The fraction of sp³-hybridized carbons (Fsp3) is 0.533. The molecule has 6 heteroatoms. The van der Waals surface area contributed by atoms with Crippen LogP contribution in [0.2, 0.25) is 0 Å². The summed E-state index contributed by atoms with van der Waals surface area (Å²) in [5.74, 6) is 0.117. The standard InChI is InChI=1S/C15H16F3NO2/c16-15(17,18)21-12-3-1-11(2-4-12)14(20)13-9-19-7-5-10(13)6-8-19/h1-4,10,13H,5-9H2. The number of Topliss-reactive ketones (excluding diaryl/α,β-unsaturated/α-hetero) is 1. The third-order valence-electron chi connectivity index (χ3n) is 4.37. The lowest BCUT2D eigenvalue weighted by Gasteiger charge is -2.44. The Bertz CT molecular complexity index is 519. The summed E-state index contributed by atoms with van der Waals surface area (Å²) in [6.07, 6.45) is -2.64. The molecule has 0 saturated carbocycles. The average Bonchev–Trinajstić information content (AvgIpc) is 2.47. The van der Waals surface area contributed by atoms with E-state index in [1.54, 1.807) is 0 Å². The highest BCUT2D eigenvalue weighted by Gasteiger charge is 2.38. The number of ether oxygens (including phenoxy) is 1. The van der Waals surface area contributed by atoms with Crippen LogP contribution in [0.15, 0.2) is 24.3 Å². The first-order valence-electron chi connectivity index (χ1n) is 7.05. The second-order valence-corrected chi connectivity index (χ2v) is 5.68. The van der Waals surface area contributed by atoms with Crippen LogP contribution in [-0.2, 0) is 0 Å². The molecule has 21 heavy (non-hydrogen) atoms. The van der Waals surface area contributed by atoms with E-state index in [1.165, 1.54) is 24.3 Å². The van der Waals surface area contributed by atoms with Crippen LogP contribution in [0.4, 0.5) is 13.2 Å². The summed E-state index contributed by atoms with van der Waals surface area (Å²) in [4.78, 5) is 14.8. The minimum Gasteiger partial charge on any atom is -0.406 e. The summed E-state index contributed by atoms with van der Waals surface area (Å²) in [6.45, 7) is 2.86. The molecule has 3 aliphatic rings. The van der Waals surface area contributed by atoms with Gasteiger partial charge in [0.15, 0.2) is 5.78 Å². The highest BCUT2D eigenvalue weighted by atomic mass is 19.4. The molecule has 4 rings (SSSR count). The van der Waals surface area contributed by atoms with Crippen molar-refractivity contribution in [3.63, 3.8) is 0 Å². The number of fused-ring (bicyclic) bond motifs is 3. The predicted molar refractivity (Wildman–Crippen MR) is 70.1 cm³/mol. The SMILES string of the molecule is O=C(c1ccc(OC(F)(F)F)cc1)C1CN2CCC1CC2. The number of hydrogen-bond donors (Lipinski definition) is 0. The molecule has 0 radical (unpaired) electrons. The summed E-state index contributed by atoms with van der Waals surface area (Å²) in [5.41, 5.74) is 0.461. The van der Waals surface area contributed by atoms with Gasteiger partial charge in [-0.15, -0.1) is 13.2 Å². The Morgan fingerprint density at radius 2 is 1.76 bits per heavy atom. The van der Waals surface area contributed by atoms with Gasteiger partial charge in [-0.2, -0.15) is 0 Å². The quantitative estimate of drug-likeness (QED) is 0.803. The van der Waals surface area contributed by atoms with Crippen LogP contribution >= 0.6 is 0 Å². The molecule has 1 aromatic rings. The van der Waals surface area contributed by atoms with Crippen molar-refractivity contribution in [3.8, 4) is 5.75 Å². The van der Waals surface area contributed by atoms with Crippen LogP contribution in [-0.4, -0.2) is 36.7 Å². The topological polar surface area (TPSA) is 29.5 Å². The van der Waals surface area contributed by atoms with E-state index in [2.05, 4.69) is 9.64 Å². The number of halogens is 3. The van der Waals surface area contributed by atoms with Gasteiger partial charge in [-0.3, -0.25) is 4.79 Å². The van der Waals surface area contributed by atoms with Crippen LogP contribution in [0.5, 0.6) is 5.75 Å². The van der Waals surface area contributed by atoms with Crippen LogP contribution in [0.3, 0.4) is 0 Å². The van der Waals surface area contributed by atoms with Gasteiger partial charge < -0.3 is 9.64 Å². The maximum absolute atomic E-state index is 12.5. The van der Waals surface area contributed by atoms with Crippen LogP contribution in [0.25, 0.3) is 0 Å². The number of carbonyl (C=O) groups excluding carboxylic acids is 1. The van der Waals surface area contributed by atoms with Crippen molar-refractivity contribution in [2.24, 2.45) is 11.8 Å². The Balaban J connectivity index is 1.70. The van der Waals surface area contributed by atoms with Crippen LogP contribution < -0.4 is 4.74 Å². The third-order valence-corrected chi connectivity index (χ3v) is 4.37. The number of benzene rings is 1. The molecular weight excluding hydrogens is 283 g/mol. The molecule has 0 aliphatic carbocycles. The molecule has 3 heterocycles. The van der Waals surface area contributed by atoms with E-state index in [-0.39, 0.29) is 17.5 Å². The van der Waals surface area contributed by atoms with Crippen molar-refractivity contribution in [1.29, 1.82) is 0 Å². The maximum atomic E-state index is 12.5. The van der Waals surface area contributed by atoms with Gasteiger partial charge in [0.05, 0.1) is 0 Å². The first kappa shape index (κ1) is 14.4. The van der Waals surface area contributed by atoms with Gasteiger partial charge in [0.2, 0.25) is 0 Å². The fourth-order valence-electron chi connectivity index (χ4n) is 3.30. The van der Waals surface area contributed by atoms with Crippen molar-refractivity contribution in [3.05, 3.63) is 29.8 Å². The normalized spacial score (nSPS) is 28.4. The molecule has 0 N–H and O–H groups in total. The average molecular weight is 299 g/mol. The monoisotopic (exact) mass is 299 g/mol. The van der Waals surface area contributed by atoms with Gasteiger partial charge in [0.25, 0.3) is 0 Å². The predicted octanol–water partition coefficient (Wildman–Crippen LogP) is 3.11. The minimum atomic E-state index is -4.71. The van der Waals surface area contributed by atoms with Gasteiger partial charge in [-0.25, -0.2) is 0 Å². The number of alkyl halides is 3. The van der Waals surface area contributed by atoms with Crippen molar-refractivity contribution in [2.45, 2.75) is 19.2 Å². The number of piperidine rings is 3. The fourth-order valence-corrected chi connectivity index (χ4v) is 3.30. The van der Waals surface area contributed by atoms with E-state index in [0.29, 0.717) is 11.5 Å². The lowest BCUT2D eigenvalue weighted by atomic mass is 9.75. The minimum absolute atomic E-state index is 0.0260. The molecule has 1 unspecified atom stereocenters. The number of hydrogen-bond acceptors (Lipinski definition) is 3. The summed E-state index contributed by atoms with van der Waals surface area (Å²) in [5, 5.41) is 0. The van der Waals surface area contributed by atoms with Crippen LogP contribution in [0, 0.1) is 11.8 Å². The van der Waals surface area contributed by atoms with E-state index < -0.39 is 6.36 Å². The lowest BCUT2D eigenvalue weighted by molar-refractivity contribution is -0.274. The summed E-state index contributed by atoms with van der Waals surface area (Å²) in [7, 11) is 0. The van der Waals surface area contributed by atoms with Crippen molar-refractivity contribution in [2.75, 3.05) is 19.6 Å². The Morgan fingerprint density at radius 3 is 2.24 bits per heavy atom. The zero-order chi connectivity index (χ0) is 15.0. The van der Waals surface area contributed by atoms with E-state index in [9.17, 15) is 18.0 Å². The molecule has 3 aliphatic heterocycles. The van der Waals surface area contributed by atoms with Gasteiger partial charge >= 0.3 is 6.36 Å². The number of rotatable bonds is 3. The Labute approximate surface area is 120 Å². The first-order chi connectivity index (χ1) is 9.92. The maximum Gasteiger partial charge on any atom is 0.573 e.